The number of halogens is 1. The fourth-order valence-electron chi connectivity index (χ4n) is 3.47. The third-order valence-corrected chi connectivity index (χ3v) is 5.31. The molecule has 2 aromatic carbocycles. The highest BCUT2D eigenvalue weighted by Crippen LogP contribution is 2.29. The fraction of sp³-hybridized carbons (Fsp3) is 0.174. The van der Waals surface area contributed by atoms with Gasteiger partial charge in [0.15, 0.2) is 0 Å². The number of hydrogen-bond acceptors (Lipinski definition) is 5. The monoisotopic (exact) mass is 453 g/mol. The van der Waals surface area contributed by atoms with Crippen molar-refractivity contribution in [1.29, 1.82) is 0 Å². The van der Waals surface area contributed by atoms with Gasteiger partial charge in [0.1, 0.15) is 17.6 Å². The number of nitrogens with one attached hydrogen (secondary N) is 1. The second-order valence-corrected chi connectivity index (χ2v) is 7.57. The Hall–Kier alpha value is -3.78. The maximum Gasteiger partial charge on any atom is 0.332 e. The molecule has 1 unspecified atom stereocenters. The number of benzene rings is 2. The van der Waals surface area contributed by atoms with Crippen molar-refractivity contribution in [3.63, 3.8) is 0 Å². The molecule has 0 aliphatic carbocycles. The molecule has 1 aliphatic heterocycles. The normalized spacial score (nSPS) is 15.9. The highest BCUT2D eigenvalue weighted by atomic mass is 35.5. The van der Waals surface area contributed by atoms with Gasteiger partial charge in [0.25, 0.3) is 5.91 Å². The van der Waals surface area contributed by atoms with Gasteiger partial charge in [-0.25, -0.2) is 9.69 Å². The van der Waals surface area contributed by atoms with Gasteiger partial charge in [-0.05, 0) is 60.7 Å². The third-order valence-electron chi connectivity index (χ3n) is 5.06. The van der Waals surface area contributed by atoms with Crippen LogP contribution in [0.4, 0.5) is 16.2 Å². The number of urea groups is 1. The summed E-state index contributed by atoms with van der Waals surface area (Å²) < 4.78 is 10.5. The minimum absolute atomic E-state index is 0.0577. The lowest BCUT2D eigenvalue weighted by molar-refractivity contribution is -0.124. The predicted molar refractivity (Wildman–Crippen MR) is 119 cm³/mol. The van der Waals surface area contributed by atoms with Crippen LogP contribution in [0.15, 0.2) is 71.3 Å². The molecule has 1 saturated heterocycles. The third kappa shape index (κ3) is 4.45. The Morgan fingerprint density at radius 3 is 2.44 bits per heavy atom. The molecule has 2 heterocycles. The number of rotatable bonds is 7. The first kappa shape index (κ1) is 21.5. The molecule has 0 spiro atoms. The lowest BCUT2D eigenvalue weighted by atomic mass is 10.1. The Balaban J connectivity index is 1.56. The molecule has 1 atom stereocenters. The lowest BCUT2D eigenvalue weighted by Gasteiger charge is -2.20. The van der Waals surface area contributed by atoms with Gasteiger partial charge in [0.05, 0.1) is 32.0 Å². The van der Waals surface area contributed by atoms with Gasteiger partial charge >= 0.3 is 6.03 Å². The number of carbonyl (C=O) groups is 3. The number of carbonyl (C=O) groups excluding carboxylic acids is 3. The molecule has 0 bridgehead atoms. The van der Waals surface area contributed by atoms with Crippen molar-refractivity contribution in [3.8, 4) is 5.75 Å². The van der Waals surface area contributed by atoms with Crippen LogP contribution >= 0.6 is 11.6 Å². The molecule has 0 radical (unpaired) electrons. The maximum absolute atomic E-state index is 13.2. The van der Waals surface area contributed by atoms with E-state index in [0.29, 0.717) is 27.9 Å². The van der Waals surface area contributed by atoms with Gasteiger partial charge in [0.2, 0.25) is 5.91 Å². The molecule has 1 aliphatic rings. The van der Waals surface area contributed by atoms with E-state index in [1.54, 1.807) is 67.8 Å². The van der Waals surface area contributed by atoms with E-state index in [1.165, 1.54) is 11.2 Å². The topological polar surface area (TPSA) is 92.1 Å². The predicted octanol–water partition coefficient (Wildman–Crippen LogP) is 4.31. The van der Waals surface area contributed by atoms with Crippen LogP contribution in [-0.2, 0) is 16.1 Å². The van der Waals surface area contributed by atoms with E-state index < -0.39 is 23.9 Å². The Bertz CT molecular complexity index is 1110. The van der Waals surface area contributed by atoms with Gasteiger partial charge in [-0.2, -0.15) is 0 Å². The van der Waals surface area contributed by atoms with Crippen LogP contribution in [0.2, 0.25) is 5.02 Å². The molecule has 8 nitrogen and oxygen atoms in total. The molecular formula is C23H20ClN3O5. The summed E-state index contributed by atoms with van der Waals surface area (Å²) >= 11 is 5.94. The van der Waals surface area contributed by atoms with Crippen LogP contribution in [0.25, 0.3) is 0 Å². The average molecular weight is 454 g/mol. The van der Waals surface area contributed by atoms with Gasteiger partial charge in [-0.1, -0.05) is 11.6 Å². The lowest BCUT2D eigenvalue weighted by Crippen LogP contribution is -2.37. The van der Waals surface area contributed by atoms with Gasteiger partial charge in [-0.3, -0.25) is 9.59 Å². The fourth-order valence-corrected chi connectivity index (χ4v) is 3.60. The van der Waals surface area contributed by atoms with Gasteiger partial charge in [0, 0.05) is 10.7 Å². The Kier molecular flexibility index (Phi) is 6.13. The van der Waals surface area contributed by atoms with Crippen molar-refractivity contribution in [3.05, 3.63) is 77.7 Å². The van der Waals surface area contributed by atoms with Crippen LogP contribution in [0.3, 0.4) is 0 Å². The van der Waals surface area contributed by atoms with Crippen LogP contribution in [0.1, 0.15) is 12.2 Å². The number of ether oxygens (including phenoxy) is 1. The summed E-state index contributed by atoms with van der Waals surface area (Å²) in [7, 11) is 1.55. The minimum atomic E-state index is -0.985. The van der Waals surface area contributed by atoms with Crippen LogP contribution in [0.5, 0.6) is 5.75 Å². The number of amides is 4. The van der Waals surface area contributed by atoms with E-state index in [2.05, 4.69) is 5.32 Å². The molecule has 9 heteroatoms. The van der Waals surface area contributed by atoms with Crippen LogP contribution in [-0.4, -0.2) is 35.9 Å². The van der Waals surface area contributed by atoms with E-state index in [9.17, 15) is 14.4 Å². The summed E-state index contributed by atoms with van der Waals surface area (Å²) in [6.07, 6.45) is 1.28. The molecule has 164 valence electrons. The summed E-state index contributed by atoms with van der Waals surface area (Å²) in [5.41, 5.74) is 0.937. The first-order valence-electron chi connectivity index (χ1n) is 9.82. The molecule has 0 saturated carbocycles. The number of anilines is 2. The summed E-state index contributed by atoms with van der Waals surface area (Å²) in [5, 5.41) is 3.24. The Morgan fingerprint density at radius 2 is 1.81 bits per heavy atom. The average Bonchev–Trinajstić information content (AvgIpc) is 3.38. The Labute approximate surface area is 189 Å². The standard InChI is InChI=1S/C23H20ClN3O5/c1-31-18-10-6-16(7-11-18)25-21(28)13-20-22(29)27(17-8-4-15(24)5-9-17)23(30)26(20)14-19-3-2-12-32-19/h2-12,20H,13-14H2,1H3,(H,25,28). The van der Waals surface area contributed by atoms with Crippen LogP contribution < -0.4 is 15.0 Å². The first-order valence-corrected chi connectivity index (χ1v) is 10.2. The number of furan rings is 1. The van der Waals surface area contributed by atoms with Gasteiger partial charge < -0.3 is 19.4 Å². The number of methoxy groups -OCH3 is 1. The van der Waals surface area contributed by atoms with Crippen molar-refractivity contribution < 1.29 is 23.5 Å². The van der Waals surface area contributed by atoms with E-state index in [0.717, 1.165) is 4.90 Å². The second kappa shape index (κ2) is 9.15. The quantitative estimate of drug-likeness (QED) is 0.538. The number of imide groups is 1. The van der Waals surface area contributed by atoms with Crippen molar-refractivity contribution >= 4 is 40.8 Å². The maximum atomic E-state index is 13.2. The van der Waals surface area contributed by atoms with Crippen molar-refractivity contribution in [2.24, 2.45) is 0 Å². The first-order chi connectivity index (χ1) is 15.5. The molecule has 1 fully saturated rings. The van der Waals surface area contributed by atoms with Crippen LogP contribution in [0, 0.1) is 0 Å². The van der Waals surface area contributed by atoms with Crippen molar-refractivity contribution in [2.45, 2.75) is 19.0 Å². The molecule has 3 aromatic rings. The zero-order valence-electron chi connectivity index (χ0n) is 17.2. The van der Waals surface area contributed by atoms with E-state index in [1.807, 2.05) is 0 Å². The summed E-state index contributed by atoms with van der Waals surface area (Å²) in [6.45, 7) is 0.0577. The van der Waals surface area contributed by atoms with Crippen molar-refractivity contribution in [2.75, 3.05) is 17.3 Å². The molecule has 4 rings (SSSR count). The largest absolute Gasteiger partial charge is 0.497 e. The highest BCUT2D eigenvalue weighted by Gasteiger charge is 2.47. The van der Waals surface area contributed by atoms with Gasteiger partial charge in [-0.15, -0.1) is 0 Å². The molecule has 4 amide bonds. The SMILES string of the molecule is COc1ccc(NC(=O)CC2C(=O)N(c3ccc(Cl)cc3)C(=O)N2Cc2ccco2)cc1. The minimum Gasteiger partial charge on any atom is -0.497 e. The summed E-state index contributed by atoms with van der Waals surface area (Å²) in [6, 6.07) is 15.1. The zero-order valence-corrected chi connectivity index (χ0v) is 17.9. The van der Waals surface area contributed by atoms with E-state index in [-0.39, 0.29) is 13.0 Å². The van der Waals surface area contributed by atoms with E-state index in [4.69, 9.17) is 20.8 Å². The van der Waals surface area contributed by atoms with Crippen molar-refractivity contribution in [1.82, 2.24) is 4.90 Å². The second-order valence-electron chi connectivity index (χ2n) is 7.14. The summed E-state index contributed by atoms with van der Waals surface area (Å²) in [4.78, 5) is 41.5. The highest BCUT2D eigenvalue weighted by molar-refractivity contribution is 6.30. The molecule has 1 aromatic heterocycles. The number of hydrogen-bond donors (Lipinski definition) is 1. The molecule has 1 N–H and O–H groups in total. The summed E-state index contributed by atoms with van der Waals surface area (Å²) in [5.74, 6) is 0.268. The Morgan fingerprint density at radius 1 is 1.09 bits per heavy atom. The zero-order chi connectivity index (χ0) is 22.7. The van der Waals surface area contributed by atoms with E-state index >= 15 is 0 Å². The molecular weight excluding hydrogens is 434 g/mol. The molecule has 32 heavy (non-hydrogen) atoms. The number of nitrogens with zero attached hydrogens (tertiary/aromatic N) is 2. The smallest absolute Gasteiger partial charge is 0.332 e.